The van der Waals surface area contributed by atoms with Gasteiger partial charge >= 0.3 is 5.63 Å². The lowest BCUT2D eigenvalue weighted by Crippen LogP contribution is -2.44. The number of carbonyl (C=O) groups excluding carboxylic acids is 1. The lowest BCUT2D eigenvalue weighted by molar-refractivity contribution is 0.0585. The van der Waals surface area contributed by atoms with Crippen molar-refractivity contribution in [2.75, 3.05) is 27.4 Å². The maximum atomic E-state index is 13.8. The quantitative estimate of drug-likeness (QED) is 0.338. The summed E-state index contributed by atoms with van der Waals surface area (Å²) in [6.07, 6.45) is 0.598. The van der Waals surface area contributed by atoms with E-state index in [0.717, 1.165) is 28.0 Å². The van der Waals surface area contributed by atoms with E-state index >= 15 is 0 Å². The highest BCUT2D eigenvalue weighted by Crippen LogP contribution is 2.39. The summed E-state index contributed by atoms with van der Waals surface area (Å²) in [6.45, 7) is 4.65. The summed E-state index contributed by atoms with van der Waals surface area (Å²) < 4.78 is 22.8. The molecule has 2 heterocycles. The van der Waals surface area contributed by atoms with E-state index in [0.29, 0.717) is 35.4 Å². The van der Waals surface area contributed by atoms with Gasteiger partial charge in [-0.3, -0.25) is 4.79 Å². The van der Waals surface area contributed by atoms with Gasteiger partial charge in [0.15, 0.2) is 11.5 Å². The number of aryl methyl sites for hydroxylation is 2. The standard InChI is InChI=1S/C30H29NO6/c1-18-11-19(2)13-22(12-18)36-17-25-23-16-28(35-4)27(34-3)15-20(23)9-10-31(25)29(32)24-14-21-7-5-6-8-26(21)37-30(24)33/h5-8,11-16,25H,9-10,17H2,1-4H3. The summed E-state index contributed by atoms with van der Waals surface area (Å²) in [5.41, 5.74) is 3.90. The number of hydrogen-bond acceptors (Lipinski definition) is 6. The average molecular weight is 500 g/mol. The van der Waals surface area contributed by atoms with Crippen molar-refractivity contribution in [2.45, 2.75) is 26.3 Å². The molecule has 0 spiro atoms. The van der Waals surface area contributed by atoms with Crippen LogP contribution in [-0.2, 0) is 6.42 Å². The highest BCUT2D eigenvalue weighted by Gasteiger charge is 2.34. The van der Waals surface area contributed by atoms with E-state index < -0.39 is 17.6 Å². The maximum absolute atomic E-state index is 13.8. The van der Waals surface area contributed by atoms with Crippen molar-refractivity contribution in [1.29, 1.82) is 0 Å². The number of para-hydroxylation sites is 1. The van der Waals surface area contributed by atoms with Gasteiger partial charge < -0.3 is 23.5 Å². The van der Waals surface area contributed by atoms with E-state index in [1.54, 1.807) is 37.3 Å². The summed E-state index contributed by atoms with van der Waals surface area (Å²) in [6, 6.07) is 18.2. The number of fused-ring (bicyclic) bond motifs is 2. The highest BCUT2D eigenvalue weighted by atomic mass is 16.5. The van der Waals surface area contributed by atoms with Crippen LogP contribution in [0.1, 0.15) is 38.7 Å². The van der Waals surface area contributed by atoms with Crippen LogP contribution >= 0.6 is 0 Å². The lowest BCUT2D eigenvalue weighted by Gasteiger charge is -2.37. The van der Waals surface area contributed by atoms with Crippen molar-refractivity contribution in [3.05, 3.63) is 98.9 Å². The fraction of sp³-hybridized carbons (Fsp3) is 0.267. The minimum atomic E-state index is -0.657. The molecule has 7 heteroatoms. The molecule has 4 aromatic rings. The van der Waals surface area contributed by atoms with Crippen molar-refractivity contribution >= 4 is 16.9 Å². The molecule has 0 saturated heterocycles. The zero-order chi connectivity index (χ0) is 26.1. The van der Waals surface area contributed by atoms with Crippen LogP contribution in [0.3, 0.4) is 0 Å². The largest absolute Gasteiger partial charge is 0.493 e. The van der Waals surface area contributed by atoms with Gasteiger partial charge in [0.1, 0.15) is 23.5 Å². The summed E-state index contributed by atoms with van der Waals surface area (Å²) in [5.74, 6) is 1.53. The van der Waals surface area contributed by atoms with Gasteiger partial charge in [0.2, 0.25) is 0 Å². The third kappa shape index (κ3) is 4.77. The molecule has 1 unspecified atom stereocenters. The second-order valence-electron chi connectivity index (χ2n) is 9.29. The Morgan fingerprint density at radius 3 is 2.41 bits per heavy atom. The van der Waals surface area contributed by atoms with E-state index in [2.05, 4.69) is 6.07 Å². The molecule has 190 valence electrons. The van der Waals surface area contributed by atoms with E-state index in [1.807, 2.05) is 50.2 Å². The van der Waals surface area contributed by atoms with E-state index in [1.165, 1.54) is 0 Å². The van der Waals surface area contributed by atoms with E-state index in [-0.39, 0.29) is 12.2 Å². The Kier molecular flexibility index (Phi) is 6.61. The molecule has 7 nitrogen and oxygen atoms in total. The number of amides is 1. The van der Waals surface area contributed by atoms with Crippen molar-refractivity contribution in [3.8, 4) is 17.2 Å². The van der Waals surface area contributed by atoms with Crippen LogP contribution in [0.2, 0.25) is 0 Å². The molecule has 0 aliphatic carbocycles. The Morgan fingerprint density at radius 1 is 0.973 bits per heavy atom. The zero-order valence-electron chi connectivity index (χ0n) is 21.4. The predicted molar refractivity (Wildman–Crippen MR) is 141 cm³/mol. The van der Waals surface area contributed by atoms with Gasteiger partial charge in [0, 0.05) is 11.9 Å². The lowest BCUT2D eigenvalue weighted by atomic mass is 9.91. The molecule has 3 aromatic carbocycles. The van der Waals surface area contributed by atoms with Gasteiger partial charge in [-0.05, 0) is 78.9 Å². The third-order valence-electron chi connectivity index (χ3n) is 6.74. The average Bonchev–Trinajstić information content (AvgIpc) is 2.89. The number of methoxy groups -OCH3 is 2. The Morgan fingerprint density at radius 2 is 1.68 bits per heavy atom. The van der Waals surface area contributed by atoms with Gasteiger partial charge in [-0.1, -0.05) is 24.3 Å². The van der Waals surface area contributed by atoms with Gasteiger partial charge in [-0.25, -0.2) is 4.79 Å². The Balaban J connectivity index is 1.56. The molecule has 5 rings (SSSR count). The number of carbonyl (C=O) groups is 1. The van der Waals surface area contributed by atoms with Crippen molar-refractivity contribution < 1.29 is 23.4 Å². The van der Waals surface area contributed by atoms with Crippen LogP contribution in [0.5, 0.6) is 17.2 Å². The Bertz CT molecular complexity index is 1520. The second-order valence-corrected chi connectivity index (χ2v) is 9.29. The molecular formula is C30H29NO6. The summed E-state index contributed by atoms with van der Waals surface area (Å²) in [4.78, 5) is 28.4. The number of rotatable bonds is 6. The first-order valence-electron chi connectivity index (χ1n) is 12.2. The normalized spacial score (nSPS) is 14.8. The SMILES string of the molecule is COc1cc2c(cc1OC)C(COc1cc(C)cc(C)c1)N(C(=O)c1cc3ccccc3oc1=O)CC2. The van der Waals surface area contributed by atoms with Crippen molar-refractivity contribution in [3.63, 3.8) is 0 Å². The van der Waals surface area contributed by atoms with Gasteiger partial charge in [0.05, 0.1) is 20.3 Å². The molecule has 1 aromatic heterocycles. The van der Waals surface area contributed by atoms with Crippen LogP contribution in [0, 0.1) is 13.8 Å². The number of ether oxygens (including phenoxy) is 3. The Labute approximate surface area is 215 Å². The molecule has 1 atom stereocenters. The molecule has 0 N–H and O–H groups in total. The van der Waals surface area contributed by atoms with Crippen molar-refractivity contribution in [2.24, 2.45) is 0 Å². The smallest absolute Gasteiger partial charge is 0.349 e. The molecule has 0 radical (unpaired) electrons. The minimum absolute atomic E-state index is 0.000901. The topological polar surface area (TPSA) is 78.2 Å². The first kappa shape index (κ1) is 24.4. The van der Waals surface area contributed by atoms with Crippen molar-refractivity contribution in [1.82, 2.24) is 4.90 Å². The van der Waals surface area contributed by atoms with E-state index in [9.17, 15) is 9.59 Å². The van der Waals surface area contributed by atoms with Crippen LogP contribution in [0.15, 0.2) is 69.9 Å². The molecule has 1 aliphatic heterocycles. The fourth-order valence-corrected chi connectivity index (χ4v) is 5.01. The highest BCUT2D eigenvalue weighted by molar-refractivity contribution is 5.97. The molecule has 1 aliphatic rings. The summed E-state index contributed by atoms with van der Waals surface area (Å²) in [5, 5.41) is 0.692. The first-order valence-corrected chi connectivity index (χ1v) is 12.2. The van der Waals surface area contributed by atoms with Gasteiger partial charge in [-0.2, -0.15) is 0 Å². The first-order chi connectivity index (χ1) is 17.9. The maximum Gasteiger partial charge on any atom is 0.349 e. The number of nitrogens with zero attached hydrogens (tertiary/aromatic N) is 1. The number of benzene rings is 3. The Hall–Kier alpha value is -4.26. The third-order valence-corrected chi connectivity index (χ3v) is 6.74. The van der Waals surface area contributed by atoms with Crippen LogP contribution < -0.4 is 19.8 Å². The van der Waals surface area contributed by atoms with Crippen LogP contribution in [-0.4, -0.2) is 38.2 Å². The van der Waals surface area contributed by atoms with Gasteiger partial charge in [0.25, 0.3) is 5.91 Å². The molecule has 0 bridgehead atoms. The summed E-state index contributed by atoms with van der Waals surface area (Å²) in [7, 11) is 3.18. The van der Waals surface area contributed by atoms with Gasteiger partial charge in [-0.15, -0.1) is 0 Å². The van der Waals surface area contributed by atoms with Crippen LogP contribution in [0.25, 0.3) is 11.0 Å². The predicted octanol–water partition coefficient (Wildman–Crippen LogP) is 5.25. The fourth-order valence-electron chi connectivity index (χ4n) is 5.01. The second kappa shape index (κ2) is 10.0. The molecule has 37 heavy (non-hydrogen) atoms. The molecule has 0 fully saturated rings. The zero-order valence-corrected chi connectivity index (χ0v) is 21.4. The summed E-state index contributed by atoms with van der Waals surface area (Å²) >= 11 is 0. The van der Waals surface area contributed by atoms with Crippen LogP contribution in [0.4, 0.5) is 0 Å². The number of hydrogen-bond donors (Lipinski definition) is 0. The monoisotopic (exact) mass is 499 g/mol. The molecule has 1 amide bonds. The molecular weight excluding hydrogens is 470 g/mol. The minimum Gasteiger partial charge on any atom is -0.493 e. The molecule has 0 saturated carbocycles. The van der Waals surface area contributed by atoms with E-state index in [4.69, 9.17) is 18.6 Å².